The molecule has 1 amide bonds. The number of halogens is 1. The van der Waals surface area contributed by atoms with Crippen LogP contribution in [-0.4, -0.2) is 41.2 Å². The van der Waals surface area contributed by atoms with Crippen LogP contribution in [0.1, 0.15) is 32.4 Å². The summed E-state index contributed by atoms with van der Waals surface area (Å²) < 4.78 is 19.2. The molecule has 0 bridgehead atoms. The van der Waals surface area contributed by atoms with Crippen LogP contribution >= 0.6 is 0 Å². The number of carbonyl (C=O) groups excluding carboxylic acids is 1. The number of carbonyl (C=O) groups is 1. The average molecular weight is 331 g/mol. The molecule has 1 aromatic heterocycles. The zero-order chi connectivity index (χ0) is 17.3. The monoisotopic (exact) mass is 331 g/mol. The zero-order valence-electron chi connectivity index (χ0n) is 14.2. The predicted molar refractivity (Wildman–Crippen MR) is 90.3 cm³/mol. The summed E-state index contributed by atoms with van der Waals surface area (Å²) in [7, 11) is 0. The summed E-state index contributed by atoms with van der Waals surface area (Å²) in [5.41, 5.74) is 1.03. The topological polar surface area (TPSA) is 54.5 Å². The second-order valence-corrected chi connectivity index (χ2v) is 6.96. The predicted octanol–water partition coefficient (Wildman–Crippen LogP) is 3.26. The molecule has 0 radical (unpaired) electrons. The van der Waals surface area contributed by atoms with E-state index in [2.05, 4.69) is 10.3 Å². The lowest BCUT2D eigenvalue weighted by molar-refractivity contribution is 0.0119. The van der Waals surface area contributed by atoms with Crippen molar-refractivity contribution in [1.29, 1.82) is 0 Å². The third-order valence-corrected chi connectivity index (χ3v) is 3.97. The lowest BCUT2D eigenvalue weighted by atomic mass is 9.99. The van der Waals surface area contributed by atoms with E-state index in [4.69, 9.17) is 4.74 Å². The molecule has 0 saturated carbocycles. The van der Waals surface area contributed by atoms with Crippen molar-refractivity contribution in [2.75, 3.05) is 19.6 Å². The van der Waals surface area contributed by atoms with Crippen molar-refractivity contribution in [3.05, 3.63) is 41.8 Å². The second kappa shape index (κ2) is 6.36. The van der Waals surface area contributed by atoms with Gasteiger partial charge in [-0.25, -0.2) is 9.18 Å². The first-order chi connectivity index (χ1) is 11.3. The van der Waals surface area contributed by atoms with Crippen molar-refractivity contribution in [2.24, 2.45) is 0 Å². The molecule has 1 aromatic carbocycles. The number of rotatable bonds is 1. The Morgan fingerprint density at radius 2 is 2.17 bits per heavy atom. The normalized spacial score (nSPS) is 18.7. The number of benzene rings is 1. The molecule has 2 heterocycles. The fourth-order valence-corrected chi connectivity index (χ4v) is 2.95. The maximum absolute atomic E-state index is 13.7. The number of aromatic nitrogens is 1. The van der Waals surface area contributed by atoms with Gasteiger partial charge in [-0.2, -0.15) is 0 Å². The van der Waals surface area contributed by atoms with E-state index < -0.39 is 5.60 Å². The van der Waals surface area contributed by atoms with Crippen LogP contribution < -0.4 is 5.32 Å². The number of fused-ring (bicyclic) bond motifs is 1. The van der Waals surface area contributed by atoms with Crippen LogP contribution in [0.15, 0.2) is 30.5 Å². The minimum Gasteiger partial charge on any atom is -0.444 e. The zero-order valence-corrected chi connectivity index (χ0v) is 14.2. The van der Waals surface area contributed by atoms with Gasteiger partial charge in [0.2, 0.25) is 0 Å². The third-order valence-electron chi connectivity index (χ3n) is 3.97. The van der Waals surface area contributed by atoms with Crippen LogP contribution in [0.2, 0.25) is 0 Å². The average Bonchev–Trinajstić information content (AvgIpc) is 2.52. The molecule has 1 unspecified atom stereocenters. The summed E-state index contributed by atoms with van der Waals surface area (Å²) in [5.74, 6) is -0.315. The summed E-state index contributed by atoms with van der Waals surface area (Å²) >= 11 is 0. The minimum atomic E-state index is -0.557. The highest BCUT2D eigenvalue weighted by molar-refractivity contribution is 5.83. The highest BCUT2D eigenvalue weighted by Gasteiger charge is 2.32. The Morgan fingerprint density at radius 1 is 1.38 bits per heavy atom. The van der Waals surface area contributed by atoms with Gasteiger partial charge in [-0.1, -0.05) is 0 Å². The molecular formula is C18H22FN3O2. The van der Waals surface area contributed by atoms with Crippen LogP contribution in [0.3, 0.4) is 0 Å². The standard InChI is InChI=1S/C18H22FN3O2/c1-18(2,3)24-17(23)22-9-8-20-11-16(22)13-6-7-21-15-5-4-12(19)10-14(13)15/h4-7,10,16,20H,8-9,11H2,1-3H3. The lowest BCUT2D eigenvalue weighted by Gasteiger charge is -2.37. The van der Waals surface area contributed by atoms with E-state index in [0.29, 0.717) is 25.2 Å². The van der Waals surface area contributed by atoms with Crippen molar-refractivity contribution in [2.45, 2.75) is 32.4 Å². The third kappa shape index (κ3) is 3.48. The van der Waals surface area contributed by atoms with Crippen molar-refractivity contribution in [1.82, 2.24) is 15.2 Å². The van der Waals surface area contributed by atoms with E-state index in [1.54, 1.807) is 17.2 Å². The lowest BCUT2D eigenvalue weighted by Crippen LogP contribution is -2.50. The molecule has 1 atom stereocenters. The first-order valence-corrected chi connectivity index (χ1v) is 8.10. The maximum atomic E-state index is 13.7. The molecule has 1 N–H and O–H groups in total. The highest BCUT2D eigenvalue weighted by Crippen LogP contribution is 2.30. The van der Waals surface area contributed by atoms with E-state index in [1.165, 1.54) is 12.1 Å². The minimum absolute atomic E-state index is 0.221. The van der Waals surface area contributed by atoms with Gasteiger partial charge in [0, 0.05) is 31.2 Å². The van der Waals surface area contributed by atoms with Crippen LogP contribution in [0.4, 0.5) is 9.18 Å². The smallest absolute Gasteiger partial charge is 0.410 e. The number of pyridine rings is 1. The van der Waals surface area contributed by atoms with Gasteiger partial charge in [-0.15, -0.1) is 0 Å². The fourth-order valence-electron chi connectivity index (χ4n) is 2.95. The molecule has 24 heavy (non-hydrogen) atoms. The summed E-state index contributed by atoms with van der Waals surface area (Å²) in [4.78, 5) is 18.6. The van der Waals surface area contributed by atoms with Crippen molar-refractivity contribution in [3.63, 3.8) is 0 Å². The number of hydrogen-bond donors (Lipinski definition) is 1. The number of amides is 1. The largest absolute Gasteiger partial charge is 0.444 e. The molecule has 5 nitrogen and oxygen atoms in total. The van der Waals surface area contributed by atoms with Gasteiger partial charge in [0.1, 0.15) is 11.4 Å². The molecule has 0 aliphatic carbocycles. The van der Waals surface area contributed by atoms with Gasteiger partial charge in [-0.05, 0) is 50.6 Å². The van der Waals surface area contributed by atoms with E-state index in [0.717, 1.165) is 10.9 Å². The molecule has 3 rings (SSSR count). The second-order valence-electron chi connectivity index (χ2n) is 6.96. The summed E-state index contributed by atoms with van der Waals surface area (Å²) in [6.45, 7) is 7.37. The molecule has 0 spiro atoms. The van der Waals surface area contributed by atoms with E-state index in [1.807, 2.05) is 26.8 Å². The summed E-state index contributed by atoms with van der Waals surface area (Å²) in [6, 6.07) is 6.14. The van der Waals surface area contributed by atoms with E-state index in [9.17, 15) is 9.18 Å². The molecular weight excluding hydrogens is 309 g/mol. The first-order valence-electron chi connectivity index (χ1n) is 8.10. The molecule has 1 aliphatic heterocycles. The number of hydrogen-bond acceptors (Lipinski definition) is 4. The molecule has 1 aliphatic rings. The van der Waals surface area contributed by atoms with Gasteiger partial charge < -0.3 is 10.1 Å². The SMILES string of the molecule is CC(C)(C)OC(=O)N1CCNCC1c1ccnc2ccc(F)cc12. The van der Waals surface area contributed by atoms with E-state index in [-0.39, 0.29) is 18.0 Å². The fraction of sp³-hybridized carbons (Fsp3) is 0.444. The highest BCUT2D eigenvalue weighted by atomic mass is 19.1. The van der Waals surface area contributed by atoms with Crippen molar-refractivity contribution in [3.8, 4) is 0 Å². The van der Waals surface area contributed by atoms with Crippen LogP contribution in [-0.2, 0) is 4.74 Å². The summed E-state index contributed by atoms with van der Waals surface area (Å²) in [6.07, 6.45) is 1.34. The Morgan fingerprint density at radius 3 is 2.92 bits per heavy atom. The first kappa shape index (κ1) is 16.6. The maximum Gasteiger partial charge on any atom is 0.410 e. The van der Waals surface area contributed by atoms with Gasteiger partial charge in [0.15, 0.2) is 0 Å². The van der Waals surface area contributed by atoms with Gasteiger partial charge in [-0.3, -0.25) is 9.88 Å². The molecule has 2 aromatic rings. The van der Waals surface area contributed by atoms with Crippen LogP contribution in [0, 0.1) is 5.82 Å². The van der Waals surface area contributed by atoms with Crippen LogP contribution in [0.25, 0.3) is 10.9 Å². The van der Waals surface area contributed by atoms with E-state index >= 15 is 0 Å². The molecule has 6 heteroatoms. The van der Waals surface area contributed by atoms with Crippen molar-refractivity contribution >= 4 is 17.0 Å². The Bertz CT molecular complexity index is 758. The van der Waals surface area contributed by atoms with Crippen LogP contribution in [0.5, 0.6) is 0 Å². The number of nitrogens with one attached hydrogen (secondary N) is 1. The molecule has 1 fully saturated rings. The summed E-state index contributed by atoms with van der Waals surface area (Å²) in [5, 5.41) is 4.02. The quantitative estimate of drug-likeness (QED) is 0.871. The Hall–Kier alpha value is -2.21. The molecule has 1 saturated heterocycles. The number of piperazine rings is 1. The van der Waals surface area contributed by atoms with Gasteiger partial charge in [0.25, 0.3) is 0 Å². The Labute approximate surface area is 140 Å². The Balaban J connectivity index is 1.99. The van der Waals surface area contributed by atoms with Crippen molar-refractivity contribution < 1.29 is 13.9 Å². The van der Waals surface area contributed by atoms with Gasteiger partial charge in [0.05, 0.1) is 11.6 Å². The number of nitrogens with zero attached hydrogens (tertiary/aromatic N) is 2. The Kier molecular flexibility index (Phi) is 4.41. The number of ether oxygens (including phenoxy) is 1. The van der Waals surface area contributed by atoms with Gasteiger partial charge >= 0.3 is 6.09 Å². The molecule has 128 valence electrons.